The van der Waals surface area contributed by atoms with E-state index < -0.39 is 21.1 Å². The number of benzene rings is 1. The van der Waals surface area contributed by atoms with Gasteiger partial charge in [0.2, 0.25) is 5.91 Å². The lowest BCUT2D eigenvalue weighted by atomic mass is 9.94. The second kappa shape index (κ2) is 7.34. The number of aromatic nitrogens is 1. The summed E-state index contributed by atoms with van der Waals surface area (Å²) in [5.41, 5.74) is -0.119. The molecule has 1 atom stereocenters. The van der Waals surface area contributed by atoms with E-state index >= 15 is 0 Å². The molecule has 29 heavy (non-hydrogen) atoms. The van der Waals surface area contributed by atoms with Crippen LogP contribution in [0.15, 0.2) is 47.2 Å². The van der Waals surface area contributed by atoms with E-state index in [1.54, 1.807) is 6.92 Å². The smallest absolute Gasteiger partial charge is 0.255 e. The average Bonchev–Trinajstić information content (AvgIpc) is 3.11. The van der Waals surface area contributed by atoms with Crippen molar-refractivity contribution < 1.29 is 13.2 Å². The number of nitrogens with one attached hydrogen (secondary N) is 1. The Hall–Kier alpha value is -2.03. The molecule has 1 N–H and O–H groups in total. The average molecular weight is 434 g/mol. The maximum Gasteiger partial charge on any atom is 0.255 e. The minimum atomic E-state index is -3.84. The zero-order valence-corrected chi connectivity index (χ0v) is 19.0. The predicted molar refractivity (Wildman–Crippen MR) is 116 cm³/mol. The highest BCUT2D eigenvalue weighted by atomic mass is 32.2. The minimum Gasteiger partial charge on any atom is -0.348 e. The zero-order valence-electron chi connectivity index (χ0n) is 17.4. The molecule has 1 aromatic heterocycles. The first kappa shape index (κ1) is 21.7. The molecular weight excluding hydrogens is 406 g/mol. The maximum atomic E-state index is 13.8. The van der Waals surface area contributed by atoms with Crippen LogP contribution < -0.4 is 5.32 Å². The van der Waals surface area contributed by atoms with Gasteiger partial charge in [-0.15, -0.1) is 11.3 Å². The molecule has 1 aromatic carbocycles. The van der Waals surface area contributed by atoms with E-state index in [9.17, 15) is 13.2 Å². The van der Waals surface area contributed by atoms with Crippen molar-refractivity contribution in [3.05, 3.63) is 48.7 Å². The van der Waals surface area contributed by atoms with E-state index in [2.05, 4.69) is 16.9 Å². The lowest BCUT2D eigenvalue weighted by molar-refractivity contribution is -0.117. The first-order valence-electron chi connectivity index (χ1n) is 9.42. The first-order chi connectivity index (χ1) is 13.4. The first-order valence-corrected chi connectivity index (χ1v) is 11.7. The van der Waals surface area contributed by atoms with Crippen LogP contribution in [0.1, 0.15) is 39.8 Å². The summed E-state index contributed by atoms with van der Waals surface area (Å²) in [6.45, 7) is 12.7. The van der Waals surface area contributed by atoms with E-state index in [-0.39, 0.29) is 16.2 Å². The SMILES string of the molecule is C=CC(=O)NC1CC(C)(C)N(S(=O)(=O)c2sc(-c3ccccc3)nc2C)C1(C)C. The monoisotopic (exact) mass is 433 g/mol. The van der Waals surface area contributed by atoms with Crippen molar-refractivity contribution in [2.24, 2.45) is 0 Å². The zero-order chi connectivity index (χ0) is 21.6. The van der Waals surface area contributed by atoms with E-state index in [4.69, 9.17) is 0 Å². The van der Waals surface area contributed by atoms with Gasteiger partial charge in [0.05, 0.1) is 11.2 Å². The van der Waals surface area contributed by atoms with Gasteiger partial charge >= 0.3 is 0 Å². The molecule has 2 heterocycles. The Labute approximate surface area is 176 Å². The third-order valence-electron chi connectivity index (χ3n) is 5.38. The second-order valence-electron chi connectivity index (χ2n) is 8.46. The summed E-state index contributed by atoms with van der Waals surface area (Å²) in [5.74, 6) is -0.307. The molecule has 156 valence electrons. The van der Waals surface area contributed by atoms with Crippen molar-refractivity contribution in [2.45, 2.75) is 62.4 Å². The fourth-order valence-corrected chi connectivity index (χ4v) is 8.00. The molecular formula is C21H27N3O3S2. The van der Waals surface area contributed by atoms with Crippen LogP contribution in [0.4, 0.5) is 0 Å². The van der Waals surface area contributed by atoms with Gasteiger partial charge in [0.25, 0.3) is 10.0 Å². The number of hydrogen-bond donors (Lipinski definition) is 1. The van der Waals surface area contributed by atoms with Gasteiger partial charge in [-0.1, -0.05) is 36.9 Å². The number of amides is 1. The number of nitrogens with zero attached hydrogens (tertiary/aromatic N) is 2. The number of hydrogen-bond acceptors (Lipinski definition) is 5. The summed E-state index contributed by atoms with van der Waals surface area (Å²) in [4.78, 5) is 16.4. The second-order valence-corrected chi connectivity index (χ2v) is 11.4. The van der Waals surface area contributed by atoms with Gasteiger partial charge in [-0.05, 0) is 47.1 Å². The van der Waals surface area contributed by atoms with Gasteiger partial charge in [-0.2, -0.15) is 4.31 Å². The lowest BCUT2D eigenvalue weighted by Gasteiger charge is -2.39. The molecule has 1 unspecified atom stereocenters. The Morgan fingerprint density at radius 2 is 1.90 bits per heavy atom. The number of thiazole rings is 1. The number of sulfonamides is 1. The number of rotatable bonds is 5. The summed E-state index contributed by atoms with van der Waals surface area (Å²) in [7, 11) is -3.84. The third-order valence-corrected chi connectivity index (χ3v) is 9.47. The summed E-state index contributed by atoms with van der Waals surface area (Å²) in [6, 6.07) is 9.21. The van der Waals surface area contributed by atoms with Crippen LogP contribution in [-0.4, -0.2) is 40.7 Å². The maximum absolute atomic E-state index is 13.8. The fraction of sp³-hybridized carbons (Fsp3) is 0.429. The quantitative estimate of drug-likeness (QED) is 0.729. The summed E-state index contributed by atoms with van der Waals surface area (Å²) in [6.07, 6.45) is 1.71. The third kappa shape index (κ3) is 3.76. The molecule has 1 amide bonds. The normalized spacial score (nSPS) is 21.1. The van der Waals surface area contributed by atoms with Crippen LogP contribution in [-0.2, 0) is 14.8 Å². The van der Waals surface area contributed by atoms with Crippen molar-refractivity contribution in [1.82, 2.24) is 14.6 Å². The molecule has 3 rings (SSSR count). The molecule has 0 spiro atoms. The Bertz CT molecular complexity index is 1040. The van der Waals surface area contributed by atoms with Crippen LogP contribution in [0.5, 0.6) is 0 Å². The minimum absolute atomic E-state index is 0.244. The van der Waals surface area contributed by atoms with Crippen molar-refractivity contribution in [2.75, 3.05) is 0 Å². The van der Waals surface area contributed by atoms with Crippen molar-refractivity contribution in [3.8, 4) is 10.6 Å². The van der Waals surface area contributed by atoms with E-state index in [0.717, 1.165) is 5.56 Å². The van der Waals surface area contributed by atoms with Crippen molar-refractivity contribution >= 4 is 27.3 Å². The van der Waals surface area contributed by atoms with Gasteiger partial charge in [0, 0.05) is 17.1 Å². The number of carbonyl (C=O) groups excluding carboxylic acids is 1. The van der Waals surface area contributed by atoms with Crippen LogP contribution in [0, 0.1) is 6.92 Å². The van der Waals surface area contributed by atoms with Crippen molar-refractivity contribution in [3.63, 3.8) is 0 Å². The molecule has 8 heteroatoms. The molecule has 1 aliphatic heterocycles. The van der Waals surface area contributed by atoms with Gasteiger partial charge in [-0.25, -0.2) is 13.4 Å². The molecule has 0 bridgehead atoms. The Morgan fingerprint density at radius 3 is 2.48 bits per heavy atom. The van der Waals surface area contributed by atoms with Crippen LogP contribution in [0.2, 0.25) is 0 Å². The molecule has 2 aromatic rings. The topological polar surface area (TPSA) is 79.4 Å². The van der Waals surface area contributed by atoms with Crippen LogP contribution >= 0.6 is 11.3 Å². The fourth-order valence-electron chi connectivity index (χ4n) is 4.26. The summed E-state index contributed by atoms with van der Waals surface area (Å²) in [5, 5.41) is 3.57. The molecule has 0 aliphatic carbocycles. The molecule has 0 radical (unpaired) electrons. The summed E-state index contributed by atoms with van der Waals surface area (Å²) >= 11 is 1.18. The standard InChI is InChI=1S/C21H27N3O3S2/c1-7-17(25)23-16-13-20(3,4)24(21(16,5)6)29(26,27)19-14(2)22-18(28-19)15-11-9-8-10-12-15/h7-12,16H,1,13H2,2-6H3,(H,23,25). The Kier molecular flexibility index (Phi) is 5.49. The summed E-state index contributed by atoms with van der Waals surface area (Å²) < 4.78 is 29.4. The predicted octanol–water partition coefficient (Wildman–Crippen LogP) is 3.74. The lowest BCUT2D eigenvalue weighted by Crippen LogP contribution is -2.56. The molecule has 1 saturated heterocycles. The highest BCUT2D eigenvalue weighted by Crippen LogP contribution is 2.46. The van der Waals surface area contributed by atoms with Crippen LogP contribution in [0.3, 0.4) is 0 Å². The van der Waals surface area contributed by atoms with E-state index in [1.807, 2.05) is 58.0 Å². The Balaban J connectivity index is 2.06. The highest BCUT2D eigenvalue weighted by Gasteiger charge is 2.58. The van der Waals surface area contributed by atoms with Gasteiger partial charge < -0.3 is 5.32 Å². The molecule has 0 saturated carbocycles. The largest absolute Gasteiger partial charge is 0.348 e. The number of carbonyl (C=O) groups is 1. The molecule has 1 aliphatic rings. The van der Waals surface area contributed by atoms with Crippen molar-refractivity contribution in [1.29, 1.82) is 0 Å². The number of aryl methyl sites for hydroxylation is 1. The van der Waals surface area contributed by atoms with E-state index in [1.165, 1.54) is 21.7 Å². The van der Waals surface area contributed by atoms with Crippen LogP contribution in [0.25, 0.3) is 10.6 Å². The molecule has 1 fully saturated rings. The van der Waals surface area contributed by atoms with Gasteiger partial charge in [0.1, 0.15) is 5.01 Å². The van der Waals surface area contributed by atoms with E-state index in [0.29, 0.717) is 17.1 Å². The molecule has 6 nitrogen and oxygen atoms in total. The Morgan fingerprint density at radius 1 is 1.28 bits per heavy atom. The highest BCUT2D eigenvalue weighted by molar-refractivity contribution is 7.91. The van der Waals surface area contributed by atoms with Gasteiger partial charge in [0.15, 0.2) is 4.21 Å². The van der Waals surface area contributed by atoms with Gasteiger partial charge in [-0.3, -0.25) is 4.79 Å².